The summed E-state index contributed by atoms with van der Waals surface area (Å²) in [5.74, 6) is 0. The van der Waals surface area contributed by atoms with Crippen molar-refractivity contribution < 1.29 is 8.42 Å². The predicted octanol–water partition coefficient (Wildman–Crippen LogP) is 5.51. The van der Waals surface area contributed by atoms with Crippen LogP contribution in [0, 0.1) is 6.92 Å². The number of hydrogen-bond acceptors (Lipinski definition) is 3. The van der Waals surface area contributed by atoms with Crippen molar-refractivity contribution >= 4 is 37.4 Å². The Kier molecular flexibility index (Phi) is 4.56. The van der Waals surface area contributed by atoms with Crippen LogP contribution in [0.5, 0.6) is 0 Å². The molecule has 0 aliphatic carbocycles. The van der Waals surface area contributed by atoms with Crippen molar-refractivity contribution in [3.63, 3.8) is 0 Å². The first-order valence-electron chi connectivity index (χ1n) is 10.1. The number of fused-ring (bicyclic) bond motifs is 3. The van der Waals surface area contributed by atoms with Gasteiger partial charge < -0.3 is 5.73 Å². The summed E-state index contributed by atoms with van der Waals surface area (Å²) in [6, 6.07) is 26.6. The lowest BCUT2D eigenvalue weighted by atomic mass is 10.00. The molecule has 31 heavy (non-hydrogen) atoms. The zero-order chi connectivity index (χ0) is 21.6. The van der Waals surface area contributed by atoms with Crippen LogP contribution in [-0.4, -0.2) is 12.4 Å². The molecule has 5 rings (SSSR count). The van der Waals surface area contributed by atoms with Crippen LogP contribution in [0.3, 0.4) is 0 Å². The molecule has 0 atom stereocenters. The maximum atomic E-state index is 13.7. The molecule has 0 fully saturated rings. The molecular weight excluding hydrogens is 404 g/mol. The Morgan fingerprint density at radius 2 is 1.55 bits per heavy atom. The lowest BCUT2D eigenvalue weighted by Gasteiger charge is -2.11. The van der Waals surface area contributed by atoms with Crippen molar-refractivity contribution in [2.45, 2.75) is 18.2 Å². The van der Waals surface area contributed by atoms with Crippen molar-refractivity contribution in [2.75, 3.05) is 5.73 Å². The van der Waals surface area contributed by atoms with E-state index in [2.05, 4.69) is 0 Å². The number of aryl methyl sites for hydroxylation is 1. The third-order valence-electron chi connectivity index (χ3n) is 5.68. The highest BCUT2D eigenvalue weighted by molar-refractivity contribution is 7.90. The molecule has 5 aromatic rings. The topological polar surface area (TPSA) is 65.1 Å². The molecule has 1 aromatic heterocycles. The number of anilines is 1. The lowest BCUT2D eigenvalue weighted by molar-refractivity contribution is 0.589. The van der Waals surface area contributed by atoms with Crippen LogP contribution in [0.15, 0.2) is 96.0 Å². The number of hydrogen-bond donors (Lipinski definition) is 1. The third-order valence-corrected chi connectivity index (χ3v) is 7.36. The van der Waals surface area contributed by atoms with Crippen LogP contribution in [0.1, 0.15) is 16.7 Å². The molecule has 154 valence electrons. The van der Waals surface area contributed by atoms with E-state index in [-0.39, 0.29) is 4.90 Å². The first-order valence-corrected chi connectivity index (χ1v) is 11.6. The second kappa shape index (κ2) is 7.29. The molecule has 0 unspecified atom stereocenters. The third kappa shape index (κ3) is 3.27. The molecular formula is C26H22N2O2S. The first kappa shape index (κ1) is 19.4. The van der Waals surface area contributed by atoms with Gasteiger partial charge in [0.05, 0.1) is 10.4 Å². The fourth-order valence-electron chi connectivity index (χ4n) is 4.15. The van der Waals surface area contributed by atoms with Crippen molar-refractivity contribution in [1.82, 2.24) is 3.97 Å². The van der Waals surface area contributed by atoms with E-state index in [4.69, 9.17) is 5.73 Å². The van der Waals surface area contributed by atoms with Gasteiger partial charge in [0.2, 0.25) is 0 Å². The van der Waals surface area contributed by atoms with Gasteiger partial charge in [0.1, 0.15) is 0 Å². The highest BCUT2D eigenvalue weighted by Crippen LogP contribution is 2.37. The second-order valence-corrected chi connectivity index (χ2v) is 9.66. The maximum Gasteiger partial charge on any atom is 0.268 e. The Bertz CT molecular complexity index is 1520. The maximum absolute atomic E-state index is 13.7. The van der Waals surface area contributed by atoms with Crippen LogP contribution >= 0.6 is 0 Å². The van der Waals surface area contributed by atoms with Crippen molar-refractivity contribution in [2.24, 2.45) is 0 Å². The Balaban J connectivity index is 1.84. The van der Waals surface area contributed by atoms with Crippen LogP contribution in [0.4, 0.5) is 5.69 Å². The standard InChI is InChI=1S/C26H22N2O2S/c1-18-11-13-22(14-12-18)31(29,30)28-17-21(15-19-7-3-2-4-8-19)25-24(27)16-20-9-5-6-10-23(20)26(25)28/h2-14,16-17H,15,27H2,1H3. The molecule has 0 saturated carbocycles. The summed E-state index contributed by atoms with van der Waals surface area (Å²) in [7, 11) is -3.80. The number of nitrogens with zero attached hydrogens (tertiary/aromatic N) is 1. The molecule has 0 bridgehead atoms. The molecule has 0 spiro atoms. The van der Waals surface area contributed by atoms with Gasteiger partial charge in [-0.15, -0.1) is 0 Å². The summed E-state index contributed by atoms with van der Waals surface area (Å²) < 4.78 is 28.8. The zero-order valence-electron chi connectivity index (χ0n) is 17.1. The van der Waals surface area contributed by atoms with E-state index in [0.717, 1.165) is 32.8 Å². The summed E-state index contributed by atoms with van der Waals surface area (Å²) in [5, 5.41) is 2.57. The number of benzene rings is 4. The van der Waals surface area contributed by atoms with E-state index in [1.54, 1.807) is 18.3 Å². The first-order chi connectivity index (χ1) is 14.9. The van der Waals surface area contributed by atoms with E-state index in [9.17, 15) is 8.42 Å². The largest absolute Gasteiger partial charge is 0.398 e. The van der Waals surface area contributed by atoms with Gasteiger partial charge in [-0.2, -0.15) is 0 Å². The minimum atomic E-state index is -3.80. The van der Waals surface area contributed by atoms with Gasteiger partial charge >= 0.3 is 0 Å². The van der Waals surface area contributed by atoms with Crippen molar-refractivity contribution in [1.29, 1.82) is 0 Å². The average Bonchev–Trinajstić information content (AvgIpc) is 3.16. The molecule has 0 aliphatic rings. The summed E-state index contributed by atoms with van der Waals surface area (Å²) in [6.45, 7) is 1.94. The zero-order valence-corrected chi connectivity index (χ0v) is 17.9. The molecule has 5 heteroatoms. The Hall–Kier alpha value is -3.57. The van der Waals surface area contributed by atoms with Gasteiger partial charge in [-0.3, -0.25) is 0 Å². The van der Waals surface area contributed by atoms with Gasteiger partial charge in [0, 0.05) is 22.7 Å². The smallest absolute Gasteiger partial charge is 0.268 e. The number of nitrogens with two attached hydrogens (primary N) is 1. The van der Waals surface area contributed by atoms with Crippen LogP contribution < -0.4 is 5.73 Å². The molecule has 2 N–H and O–H groups in total. The number of nitrogen functional groups attached to an aromatic ring is 1. The fourth-order valence-corrected chi connectivity index (χ4v) is 5.55. The molecule has 0 radical (unpaired) electrons. The highest BCUT2D eigenvalue weighted by atomic mass is 32.2. The van der Waals surface area contributed by atoms with E-state index >= 15 is 0 Å². The minimum Gasteiger partial charge on any atom is -0.398 e. The summed E-state index contributed by atoms with van der Waals surface area (Å²) in [5.41, 5.74) is 10.7. The molecule has 1 heterocycles. The van der Waals surface area contributed by atoms with Gasteiger partial charge in [0.25, 0.3) is 10.0 Å². The fraction of sp³-hybridized carbons (Fsp3) is 0.0769. The van der Waals surface area contributed by atoms with Crippen molar-refractivity contribution in [3.05, 3.63) is 108 Å². The van der Waals surface area contributed by atoms with Gasteiger partial charge in [-0.25, -0.2) is 12.4 Å². The number of rotatable bonds is 4. The molecule has 0 saturated heterocycles. The van der Waals surface area contributed by atoms with E-state index < -0.39 is 10.0 Å². The van der Waals surface area contributed by atoms with Crippen LogP contribution in [0.25, 0.3) is 21.7 Å². The molecule has 4 aromatic carbocycles. The average molecular weight is 427 g/mol. The van der Waals surface area contributed by atoms with E-state index in [1.807, 2.05) is 79.7 Å². The predicted molar refractivity (Wildman–Crippen MR) is 127 cm³/mol. The summed E-state index contributed by atoms with van der Waals surface area (Å²) >= 11 is 0. The lowest BCUT2D eigenvalue weighted by Crippen LogP contribution is -2.12. The van der Waals surface area contributed by atoms with Crippen molar-refractivity contribution in [3.8, 4) is 0 Å². The second-order valence-electron chi connectivity index (χ2n) is 7.84. The van der Waals surface area contributed by atoms with Gasteiger partial charge in [0.15, 0.2) is 0 Å². The van der Waals surface area contributed by atoms with Crippen LogP contribution in [-0.2, 0) is 16.4 Å². The Morgan fingerprint density at radius 1 is 0.871 bits per heavy atom. The normalized spacial score (nSPS) is 11.9. The summed E-state index contributed by atoms with van der Waals surface area (Å²) in [4.78, 5) is 0.257. The highest BCUT2D eigenvalue weighted by Gasteiger charge is 2.24. The number of aromatic nitrogens is 1. The summed E-state index contributed by atoms with van der Waals surface area (Å²) in [6.07, 6.45) is 2.33. The molecule has 4 nitrogen and oxygen atoms in total. The monoisotopic (exact) mass is 426 g/mol. The molecule has 0 aliphatic heterocycles. The quantitative estimate of drug-likeness (QED) is 0.385. The Labute approximate surface area is 181 Å². The van der Waals surface area contributed by atoms with Crippen LogP contribution in [0.2, 0.25) is 0 Å². The minimum absolute atomic E-state index is 0.257. The van der Waals surface area contributed by atoms with E-state index in [1.165, 1.54) is 3.97 Å². The van der Waals surface area contributed by atoms with E-state index in [0.29, 0.717) is 17.6 Å². The molecule has 0 amide bonds. The SMILES string of the molecule is Cc1ccc(S(=O)(=O)n2cc(Cc3ccccc3)c3c(N)cc4ccccc4c32)cc1. The van der Waals surface area contributed by atoms with Gasteiger partial charge in [-0.1, -0.05) is 72.3 Å². The Morgan fingerprint density at radius 3 is 2.29 bits per heavy atom. The van der Waals surface area contributed by atoms with Gasteiger partial charge in [-0.05, 0) is 48.1 Å².